The second-order valence-electron chi connectivity index (χ2n) is 6.49. The Bertz CT molecular complexity index is 771. The van der Waals surface area contributed by atoms with Crippen LogP contribution in [-0.2, 0) is 6.42 Å². The zero-order valence-electron chi connectivity index (χ0n) is 15.1. The van der Waals surface area contributed by atoms with Crippen LogP contribution in [0.15, 0.2) is 30.3 Å². The number of benzene rings is 2. The molecule has 1 aliphatic carbocycles. The molecule has 0 aromatic heterocycles. The van der Waals surface area contributed by atoms with Crippen molar-refractivity contribution in [2.45, 2.75) is 46.3 Å². The maximum Gasteiger partial charge on any atom is 0.251 e. The van der Waals surface area contributed by atoms with Crippen molar-refractivity contribution in [3.63, 3.8) is 0 Å². The summed E-state index contributed by atoms with van der Waals surface area (Å²) in [5.74, 6) is -0.133. The van der Waals surface area contributed by atoms with Gasteiger partial charge in [0.2, 0.25) is 0 Å². The maximum absolute atomic E-state index is 12.4. The molecule has 2 unspecified atom stereocenters. The number of carbonyl (C=O) groups is 1. The van der Waals surface area contributed by atoms with Gasteiger partial charge < -0.3 is 10.4 Å². The van der Waals surface area contributed by atoms with Gasteiger partial charge in [0.05, 0.1) is 6.04 Å². The van der Waals surface area contributed by atoms with Gasteiger partial charge in [0.1, 0.15) is 6.10 Å². The molecule has 0 spiro atoms. The first kappa shape index (κ1) is 19.2. The van der Waals surface area contributed by atoms with Gasteiger partial charge in [-0.2, -0.15) is 0 Å². The van der Waals surface area contributed by atoms with Crippen molar-refractivity contribution < 1.29 is 9.90 Å². The molecule has 3 nitrogen and oxygen atoms in total. The van der Waals surface area contributed by atoms with Crippen LogP contribution >= 0.6 is 0 Å². The summed E-state index contributed by atoms with van der Waals surface area (Å²) in [7, 11) is 0. The van der Waals surface area contributed by atoms with E-state index in [0.29, 0.717) is 12.0 Å². The average molecular weight is 332 g/mol. The van der Waals surface area contributed by atoms with E-state index in [1.165, 1.54) is 22.3 Å². The van der Waals surface area contributed by atoms with Gasteiger partial charge >= 0.3 is 0 Å². The van der Waals surface area contributed by atoms with E-state index in [1.807, 2.05) is 18.2 Å². The van der Waals surface area contributed by atoms with Crippen molar-refractivity contribution in [3.8, 4) is 0 Å². The standard InChI is InChI=1S/C20H23NO2.Na/c1-11-12(2)14(4)18-16(13(11)3)10-17(19(18)22)21-20(23)15-8-6-5-7-9-15;/h5-9,17,19,22H,10H2,1-4H3,(H,21,23);. The van der Waals surface area contributed by atoms with Crippen LogP contribution in [0.3, 0.4) is 0 Å². The Morgan fingerprint density at radius 3 is 2.21 bits per heavy atom. The molecule has 0 bridgehead atoms. The Kier molecular flexibility index (Phi) is 5.92. The first-order valence-corrected chi connectivity index (χ1v) is 8.05. The zero-order chi connectivity index (χ0) is 16.7. The Labute approximate surface area is 165 Å². The molecular formula is C20H23NNaO2. The Balaban J connectivity index is 0.00000208. The largest absolute Gasteiger partial charge is 0.386 e. The van der Waals surface area contributed by atoms with E-state index < -0.39 is 6.10 Å². The molecule has 1 amide bonds. The van der Waals surface area contributed by atoms with Crippen LogP contribution in [0.5, 0.6) is 0 Å². The molecule has 0 heterocycles. The van der Waals surface area contributed by atoms with E-state index in [2.05, 4.69) is 33.0 Å². The maximum atomic E-state index is 12.4. The van der Waals surface area contributed by atoms with Crippen LogP contribution in [0.4, 0.5) is 0 Å². The van der Waals surface area contributed by atoms with Gasteiger partial charge in [-0.15, -0.1) is 0 Å². The molecular weight excluding hydrogens is 309 g/mol. The van der Waals surface area contributed by atoms with Crippen LogP contribution in [0, 0.1) is 27.7 Å². The van der Waals surface area contributed by atoms with Gasteiger partial charge in [0.15, 0.2) is 0 Å². The predicted molar refractivity (Wildman–Crippen MR) is 97.5 cm³/mol. The van der Waals surface area contributed by atoms with Crippen LogP contribution in [-0.4, -0.2) is 46.6 Å². The minimum Gasteiger partial charge on any atom is -0.386 e. The fourth-order valence-electron chi connectivity index (χ4n) is 3.59. The quantitative estimate of drug-likeness (QED) is 0.831. The summed E-state index contributed by atoms with van der Waals surface area (Å²) in [4.78, 5) is 12.4. The number of fused-ring (bicyclic) bond motifs is 1. The number of hydrogen-bond donors (Lipinski definition) is 2. The summed E-state index contributed by atoms with van der Waals surface area (Å²) in [6.07, 6.45) is 0.0405. The number of nitrogens with one attached hydrogen (secondary N) is 1. The van der Waals surface area contributed by atoms with E-state index in [1.54, 1.807) is 12.1 Å². The Hall–Kier alpha value is -1.13. The molecule has 1 radical (unpaired) electrons. The molecule has 2 aromatic carbocycles. The van der Waals surface area contributed by atoms with Crippen LogP contribution in [0.1, 0.15) is 49.8 Å². The van der Waals surface area contributed by atoms with Crippen LogP contribution in [0.25, 0.3) is 0 Å². The van der Waals surface area contributed by atoms with E-state index in [9.17, 15) is 9.90 Å². The molecule has 24 heavy (non-hydrogen) atoms. The number of rotatable bonds is 2. The molecule has 0 aliphatic heterocycles. The van der Waals surface area contributed by atoms with Crippen molar-refractivity contribution in [2.24, 2.45) is 0 Å². The smallest absolute Gasteiger partial charge is 0.251 e. The molecule has 2 aromatic rings. The fourth-order valence-corrected chi connectivity index (χ4v) is 3.59. The zero-order valence-corrected chi connectivity index (χ0v) is 17.1. The third kappa shape index (κ3) is 3.18. The molecule has 121 valence electrons. The first-order chi connectivity index (χ1) is 10.9. The number of aliphatic hydroxyl groups is 1. The number of hydrogen-bond acceptors (Lipinski definition) is 2. The molecule has 0 saturated heterocycles. The first-order valence-electron chi connectivity index (χ1n) is 8.05. The summed E-state index contributed by atoms with van der Waals surface area (Å²) >= 11 is 0. The average Bonchev–Trinajstić information content (AvgIpc) is 2.88. The van der Waals surface area contributed by atoms with Gasteiger partial charge in [-0.1, -0.05) is 18.2 Å². The van der Waals surface area contributed by atoms with Gasteiger partial charge in [-0.25, -0.2) is 0 Å². The fraction of sp³-hybridized carbons (Fsp3) is 0.350. The van der Waals surface area contributed by atoms with Crippen molar-refractivity contribution in [2.75, 3.05) is 0 Å². The van der Waals surface area contributed by atoms with Crippen molar-refractivity contribution in [1.82, 2.24) is 5.32 Å². The van der Waals surface area contributed by atoms with E-state index in [4.69, 9.17) is 0 Å². The van der Waals surface area contributed by atoms with Crippen LogP contribution < -0.4 is 5.32 Å². The molecule has 4 heteroatoms. The van der Waals surface area contributed by atoms with Gasteiger partial charge in [-0.05, 0) is 79.6 Å². The molecule has 2 N–H and O–H groups in total. The van der Waals surface area contributed by atoms with E-state index in [-0.39, 0.29) is 41.5 Å². The van der Waals surface area contributed by atoms with Gasteiger partial charge in [0.25, 0.3) is 5.91 Å². The predicted octanol–water partition coefficient (Wildman–Crippen LogP) is 2.93. The molecule has 0 fully saturated rings. The van der Waals surface area contributed by atoms with Gasteiger partial charge in [-0.3, -0.25) is 4.79 Å². The monoisotopic (exact) mass is 332 g/mol. The van der Waals surface area contributed by atoms with E-state index >= 15 is 0 Å². The molecule has 3 rings (SSSR count). The number of carbonyl (C=O) groups excluding carboxylic acids is 1. The Morgan fingerprint density at radius 1 is 1.00 bits per heavy atom. The molecule has 0 saturated carbocycles. The normalized spacial score (nSPS) is 18.7. The van der Waals surface area contributed by atoms with E-state index in [0.717, 1.165) is 11.1 Å². The number of aliphatic hydroxyl groups excluding tert-OH is 1. The summed E-state index contributed by atoms with van der Waals surface area (Å²) in [5, 5.41) is 13.7. The topological polar surface area (TPSA) is 49.3 Å². The minimum atomic E-state index is -0.643. The molecule has 2 atom stereocenters. The van der Waals surface area contributed by atoms with Gasteiger partial charge in [0, 0.05) is 35.1 Å². The minimum absolute atomic E-state index is 0. The number of amides is 1. The summed E-state index contributed by atoms with van der Waals surface area (Å²) in [6.45, 7) is 8.39. The SMILES string of the molecule is Cc1c(C)c(C)c2c(c1C)CC(NC(=O)c1ccccc1)C2O.[Na]. The second-order valence-corrected chi connectivity index (χ2v) is 6.49. The summed E-state index contributed by atoms with van der Waals surface area (Å²) in [5.41, 5.74) is 7.71. The summed E-state index contributed by atoms with van der Waals surface area (Å²) in [6, 6.07) is 8.88. The van der Waals surface area contributed by atoms with Crippen LogP contribution in [0.2, 0.25) is 0 Å². The third-order valence-corrected chi connectivity index (χ3v) is 5.32. The molecule has 1 aliphatic rings. The summed E-state index contributed by atoms with van der Waals surface area (Å²) < 4.78 is 0. The van der Waals surface area contributed by atoms with Crippen molar-refractivity contribution in [1.29, 1.82) is 0 Å². The Morgan fingerprint density at radius 2 is 1.58 bits per heavy atom. The van der Waals surface area contributed by atoms with Crippen molar-refractivity contribution in [3.05, 3.63) is 69.3 Å². The van der Waals surface area contributed by atoms with Crippen molar-refractivity contribution >= 4 is 35.5 Å². The second kappa shape index (κ2) is 7.40. The third-order valence-electron chi connectivity index (χ3n) is 5.32.